The summed E-state index contributed by atoms with van der Waals surface area (Å²) in [6, 6.07) is 0.421. The van der Waals surface area contributed by atoms with Gasteiger partial charge in [0.25, 0.3) is 0 Å². The number of esters is 2. The van der Waals surface area contributed by atoms with Gasteiger partial charge in [0.1, 0.15) is 6.61 Å². The first-order valence-corrected chi connectivity index (χ1v) is 7.35. The third-order valence-corrected chi connectivity index (χ3v) is 2.91. The third-order valence-electron chi connectivity index (χ3n) is 2.91. The molecule has 4 nitrogen and oxygen atoms in total. The second-order valence-corrected chi connectivity index (χ2v) is 5.55. The van der Waals surface area contributed by atoms with Gasteiger partial charge in [-0.2, -0.15) is 0 Å². The molecule has 1 rings (SSSR count). The van der Waals surface area contributed by atoms with Crippen molar-refractivity contribution in [3.8, 4) is 0 Å². The van der Waals surface area contributed by atoms with Crippen molar-refractivity contribution in [1.82, 2.24) is 0 Å². The van der Waals surface area contributed by atoms with E-state index in [0.717, 1.165) is 0 Å². The number of ether oxygens (including phenoxy) is 2. The molecular formula is C16H18F4O4. The zero-order chi connectivity index (χ0) is 18.3. The van der Waals surface area contributed by atoms with Crippen molar-refractivity contribution in [1.29, 1.82) is 0 Å². The van der Waals surface area contributed by atoms with Crippen molar-refractivity contribution in [2.45, 2.75) is 39.7 Å². The molecule has 0 radical (unpaired) electrons. The molecule has 0 spiro atoms. The summed E-state index contributed by atoms with van der Waals surface area (Å²) in [7, 11) is 0. The van der Waals surface area contributed by atoms with Gasteiger partial charge in [0.15, 0.2) is 23.3 Å². The molecule has 0 aromatic heterocycles. The molecule has 1 aromatic carbocycles. The highest BCUT2D eigenvalue weighted by Gasteiger charge is 2.19. The Morgan fingerprint density at radius 1 is 0.958 bits per heavy atom. The van der Waals surface area contributed by atoms with Gasteiger partial charge in [-0.3, -0.25) is 9.59 Å². The Bertz CT molecular complexity index is 602. The Kier molecular flexibility index (Phi) is 7.67. The number of carbonyl (C=O) groups excluding carboxylic acids is 2. The molecule has 0 saturated carbocycles. The number of halogens is 4. The number of rotatable bonds is 8. The fourth-order valence-corrected chi connectivity index (χ4v) is 1.67. The summed E-state index contributed by atoms with van der Waals surface area (Å²) in [5.74, 6) is -8.12. The molecule has 0 saturated heterocycles. The van der Waals surface area contributed by atoms with Crippen LogP contribution in [0.15, 0.2) is 6.07 Å². The normalized spacial score (nSPS) is 10.8. The maximum absolute atomic E-state index is 13.4. The molecule has 0 unspecified atom stereocenters. The van der Waals surface area contributed by atoms with E-state index in [1.54, 1.807) is 0 Å². The van der Waals surface area contributed by atoms with Gasteiger partial charge in [-0.05, 0) is 18.4 Å². The van der Waals surface area contributed by atoms with E-state index in [0.29, 0.717) is 6.07 Å². The molecule has 1 aromatic rings. The second kappa shape index (κ2) is 9.24. The van der Waals surface area contributed by atoms with E-state index in [2.05, 4.69) is 4.74 Å². The highest BCUT2D eigenvalue weighted by molar-refractivity contribution is 5.72. The number of carbonyl (C=O) groups is 2. The summed E-state index contributed by atoms with van der Waals surface area (Å²) in [6.45, 7) is 3.30. The second-order valence-electron chi connectivity index (χ2n) is 5.55. The maximum Gasteiger partial charge on any atom is 0.306 e. The van der Waals surface area contributed by atoms with Crippen LogP contribution in [-0.4, -0.2) is 18.5 Å². The number of benzene rings is 1. The zero-order valence-electron chi connectivity index (χ0n) is 13.3. The molecule has 0 bridgehead atoms. The van der Waals surface area contributed by atoms with E-state index in [-0.39, 0.29) is 31.8 Å². The first kappa shape index (κ1) is 19.9. The van der Waals surface area contributed by atoms with E-state index in [4.69, 9.17) is 4.74 Å². The lowest BCUT2D eigenvalue weighted by atomic mass is 10.2. The van der Waals surface area contributed by atoms with Gasteiger partial charge in [-0.1, -0.05) is 13.8 Å². The molecule has 134 valence electrons. The van der Waals surface area contributed by atoms with Crippen LogP contribution < -0.4 is 0 Å². The zero-order valence-corrected chi connectivity index (χ0v) is 13.3. The molecule has 0 fully saturated rings. The minimum atomic E-state index is -1.96. The first-order chi connectivity index (χ1) is 11.2. The summed E-state index contributed by atoms with van der Waals surface area (Å²) in [6.07, 6.45) is 0.0188. The average molecular weight is 350 g/mol. The van der Waals surface area contributed by atoms with Crippen LogP contribution in [0.1, 0.15) is 38.7 Å². The van der Waals surface area contributed by atoms with E-state index < -0.39 is 47.4 Å². The summed E-state index contributed by atoms with van der Waals surface area (Å²) in [5, 5.41) is 0. The fourth-order valence-electron chi connectivity index (χ4n) is 1.67. The Hall–Kier alpha value is -2.12. The topological polar surface area (TPSA) is 52.6 Å². The Balaban J connectivity index is 2.38. The quantitative estimate of drug-likeness (QED) is 0.311. The van der Waals surface area contributed by atoms with Gasteiger partial charge < -0.3 is 9.47 Å². The summed E-state index contributed by atoms with van der Waals surface area (Å²) in [4.78, 5) is 22.8. The number of hydrogen-bond donors (Lipinski definition) is 0. The number of hydrogen-bond acceptors (Lipinski definition) is 4. The molecule has 0 amide bonds. The van der Waals surface area contributed by atoms with Crippen LogP contribution in [0.25, 0.3) is 0 Å². The molecule has 24 heavy (non-hydrogen) atoms. The van der Waals surface area contributed by atoms with E-state index in [1.807, 2.05) is 13.8 Å². The van der Waals surface area contributed by atoms with Gasteiger partial charge in [0, 0.05) is 18.4 Å². The van der Waals surface area contributed by atoms with Gasteiger partial charge >= 0.3 is 11.9 Å². The lowest BCUT2D eigenvalue weighted by molar-refractivity contribution is -0.146. The van der Waals surface area contributed by atoms with E-state index in [1.165, 1.54) is 0 Å². The van der Waals surface area contributed by atoms with Crippen LogP contribution in [-0.2, 0) is 25.7 Å². The lowest BCUT2D eigenvalue weighted by Crippen LogP contribution is -2.11. The van der Waals surface area contributed by atoms with Crippen molar-refractivity contribution in [3.63, 3.8) is 0 Å². The van der Waals surface area contributed by atoms with Crippen molar-refractivity contribution < 1.29 is 36.6 Å². The highest BCUT2D eigenvalue weighted by atomic mass is 19.2. The van der Waals surface area contributed by atoms with Crippen molar-refractivity contribution in [2.24, 2.45) is 5.92 Å². The maximum atomic E-state index is 13.4. The van der Waals surface area contributed by atoms with E-state index >= 15 is 0 Å². The first-order valence-electron chi connectivity index (χ1n) is 7.35. The molecule has 0 N–H and O–H groups in total. The molecule has 0 aliphatic heterocycles. The van der Waals surface area contributed by atoms with Gasteiger partial charge in [-0.15, -0.1) is 0 Å². The van der Waals surface area contributed by atoms with Crippen LogP contribution in [0.2, 0.25) is 0 Å². The SMILES string of the molecule is CC(C)COC(=O)CCCC(=O)OCc1cc(F)c(F)c(F)c1F. The molecule has 0 aliphatic rings. The van der Waals surface area contributed by atoms with Gasteiger partial charge in [0.2, 0.25) is 0 Å². The van der Waals surface area contributed by atoms with E-state index in [9.17, 15) is 27.2 Å². The third kappa shape index (κ3) is 6.17. The van der Waals surface area contributed by atoms with Crippen LogP contribution in [0, 0.1) is 29.2 Å². The Morgan fingerprint density at radius 2 is 1.54 bits per heavy atom. The largest absolute Gasteiger partial charge is 0.465 e. The summed E-state index contributed by atoms with van der Waals surface area (Å²) >= 11 is 0. The monoisotopic (exact) mass is 350 g/mol. The van der Waals surface area contributed by atoms with Gasteiger partial charge in [0.05, 0.1) is 6.61 Å². The van der Waals surface area contributed by atoms with Crippen molar-refractivity contribution >= 4 is 11.9 Å². The van der Waals surface area contributed by atoms with Crippen LogP contribution in [0.5, 0.6) is 0 Å². The van der Waals surface area contributed by atoms with Crippen LogP contribution >= 0.6 is 0 Å². The predicted octanol–water partition coefficient (Wildman–Crippen LogP) is 3.66. The highest BCUT2D eigenvalue weighted by Crippen LogP contribution is 2.19. The van der Waals surface area contributed by atoms with Gasteiger partial charge in [-0.25, -0.2) is 17.6 Å². The smallest absolute Gasteiger partial charge is 0.306 e. The molecular weight excluding hydrogens is 332 g/mol. The standard InChI is InChI=1S/C16H18F4O4/c1-9(2)7-23-12(21)4-3-5-13(22)24-8-10-6-11(17)15(19)16(20)14(10)18/h6,9H,3-5,7-8H2,1-2H3. The molecule has 0 atom stereocenters. The summed E-state index contributed by atoms with van der Waals surface area (Å²) < 4.78 is 61.7. The predicted molar refractivity (Wildman–Crippen MR) is 75.7 cm³/mol. The Labute approximate surface area is 136 Å². The van der Waals surface area contributed by atoms with Crippen LogP contribution in [0.4, 0.5) is 17.6 Å². The average Bonchev–Trinajstić information content (AvgIpc) is 2.53. The molecule has 0 heterocycles. The van der Waals surface area contributed by atoms with Crippen LogP contribution in [0.3, 0.4) is 0 Å². The Morgan fingerprint density at radius 3 is 2.12 bits per heavy atom. The molecule has 8 heteroatoms. The minimum absolute atomic E-state index is 0.00991. The minimum Gasteiger partial charge on any atom is -0.465 e. The fraction of sp³-hybridized carbons (Fsp3) is 0.500. The summed E-state index contributed by atoms with van der Waals surface area (Å²) in [5.41, 5.74) is -0.615. The lowest BCUT2D eigenvalue weighted by Gasteiger charge is -2.08. The molecule has 0 aliphatic carbocycles. The van der Waals surface area contributed by atoms with Crippen molar-refractivity contribution in [2.75, 3.05) is 6.61 Å². The van der Waals surface area contributed by atoms with Crippen molar-refractivity contribution in [3.05, 3.63) is 34.9 Å².